The Kier molecular flexibility index (Phi) is 5.03. The highest BCUT2D eigenvalue weighted by molar-refractivity contribution is 6.36. The van der Waals surface area contributed by atoms with Crippen molar-refractivity contribution in [3.63, 3.8) is 0 Å². The Bertz CT molecular complexity index is 2990. The average molecular weight is 619 g/mol. The van der Waals surface area contributed by atoms with Gasteiger partial charge in [0.2, 0.25) is 5.95 Å². The average Bonchev–Trinajstić information content (AvgIpc) is 3.74. The molecule has 0 aliphatic heterocycles. The molecule has 0 spiro atoms. The number of aromatic nitrogens is 6. The number of pyridine rings is 1. The van der Waals surface area contributed by atoms with Crippen LogP contribution < -0.4 is 0 Å². The number of hydrogen-bond acceptors (Lipinski definition) is 5. The molecular formula is C41H26N6O. The molecule has 48 heavy (non-hydrogen) atoms. The lowest BCUT2D eigenvalue weighted by atomic mass is 10.0. The molecule has 0 amide bonds. The molecule has 0 bridgehead atoms. The van der Waals surface area contributed by atoms with Crippen LogP contribution in [-0.4, -0.2) is 28.9 Å². The molecule has 0 N–H and O–H groups in total. The van der Waals surface area contributed by atoms with E-state index < -0.39 is 0 Å². The third-order valence-corrected chi connectivity index (χ3v) is 9.94. The molecule has 7 heteroatoms. The van der Waals surface area contributed by atoms with E-state index in [0.717, 1.165) is 66.8 Å². The van der Waals surface area contributed by atoms with Crippen LogP contribution in [0.3, 0.4) is 0 Å². The van der Waals surface area contributed by atoms with Crippen LogP contribution in [0.4, 0.5) is 0 Å². The highest BCUT2D eigenvalue weighted by Crippen LogP contribution is 2.48. The largest absolute Gasteiger partial charge is 0.456 e. The van der Waals surface area contributed by atoms with Crippen LogP contribution in [0.2, 0.25) is 0 Å². The summed E-state index contributed by atoms with van der Waals surface area (Å²) in [6.45, 7) is 2.22. The van der Waals surface area contributed by atoms with Gasteiger partial charge in [-0.1, -0.05) is 61.6 Å². The molecule has 1 aliphatic carbocycles. The summed E-state index contributed by atoms with van der Waals surface area (Å²) >= 11 is 0. The first kappa shape index (κ1) is 25.8. The fraction of sp³-hybridized carbons (Fsp3) is 0.0732. The van der Waals surface area contributed by atoms with Crippen molar-refractivity contribution in [1.82, 2.24) is 28.9 Å². The number of hydrogen-bond donors (Lipinski definition) is 0. The van der Waals surface area contributed by atoms with E-state index in [1.807, 2.05) is 18.3 Å². The predicted octanol–water partition coefficient (Wildman–Crippen LogP) is 9.90. The normalized spacial score (nSPS) is 18.1. The quantitative estimate of drug-likeness (QED) is 0.197. The molecule has 0 saturated heterocycles. The smallest absolute Gasteiger partial charge is 0.238 e. The summed E-state index contributed by atoms with van der Waals surface area (Å²) in [5.74, 6) is 2.19. The number of benzene rings is 4. The number of allylic oxidation sites excluding steroid dienone is 6. The van der Waals surface area contributed by atoms with Crippen LogP contribution in [0.15, 0.2) is 126 Å². The standard InChI is InChI=1S/C41H26N6O/c1-23-8-2-3-9-24(16-15-23)39-43-40(25-10-7-21-42-22-25)45-41(44-39)47-30-14-6-13-29-34(30)35-31(47)18-20-32-36(35)37-33(48-32)19-17-27-26-11-4-5-12-28(26)46(29)38(27)37/h2-14,16-23H,15H2,1H3/b8-2-,9-3-,24-16-. The maximum atomic E-state index is 6.57. The van der Waals surface area contributed by atoms with Crippen LogP contribution in [0.1, 0.15) is 19.2 Å². The zero-order valence-electron chi connectivity index (χ0n) is 25.9. The molecule has 226 valence electrons. The minimum Gasteiger partial charge on any atom is -0.456 e. The summed E-state index contributed by atoms with van der Waals surface area (Å²) in [6, 6.07) is 27.7. The number of nitrogens with zero attached hydrogens (tertiary/aromatic N) is 6. The lowest BCUT2D eigenvalue weighted by Gasteiger charge is -2.12. The van der Waals surface area contributed by atoms with Crippen LogP contribution in [0.5, 0.6) is 0 Å². The van der Waals surface area contributed by atoms with Gasteiger partial charge in [0.05, 0.1) is 33.0 Å². The zero-order valence-corrected chi connectivity index (χ0v) is 25.9. The van der Waals surface area contributed by atoms with E-state index in [2.05, 4.69) is 118 Å². The maximum absolute atomic E-state index is 6.57. The van der Waals surface area contributed by atoms with Crippen molar-refractivity contribution < 1.29 is 4.42 Å². The minimum atomic E-state index is 0.415. The van der Waals surface area contributed by atoms with Gasteiger partial charge in [-0.15, -0.1) is 0 Å². The topological polar surface area (TPSA) is 74.0 Å². The van der Waals surface area contributed by atoms with E-state index in [-0.39, 0.29) is 0 Å². The first-order chi connectivity index (χ1) is 23.7. The van der Waals surface area contributed by atoms with Crippen molar-refractivity contribution in [2.75, 3.05) is 0 Å². The minimum absolute atomic E-state index is 0.415. The first-order valence-corrected chi connectivity index (χ1v) is 16.3. The fourth-order valence-electron chi connectivity index (χ4n) is 7.84. The second-order valence-corrected chi connectivity index (χ2v) is 12.8. The second kappa shape index (κ2) is 9.36. The van der Waals surface area contributed by atoms with Gasteiger partial charge < -0.3 is 8.82 Å². The lowest BCUT2D eigenvalue weighted by Crippen LogP contribution is -2.08. The summed E-state index contributed by atoms with van der Waals surface area (Å²) in [7, 11) is 0. The molecule has 0 saturated carbocycles. The molecule has 6 heterocycles. The lowest BCUT2D eigenvalue weighted by molar-refractivity contribution is 0.669. The van der Waals surface area contributed by atoms with Crippen molar-refractivity contribution >= 4 is 76.6 Å². The van der Waals surface area contributed by atoms with Gasteiger partial charge in [0, 0.05) is 50.5 Å². The van der Waals surface area contributed by atoms with Crippen LogP contribution in [0, 0.1) is 5.92 Å². The Balaban J connectivity index is 1.31. The monoisotopic (exact) mass is 618 g/mol. The van der Waals surface area contributed by atoms with Crippen molar-refractivity contribution in [3.05, 3.63) is 127 Å². The summed E-state index contributed by atoms with van der Waals surface area (Å²) < 4.78 is 11.2. The number of furan rings is 1. The molecule has 7 nitrogen and oxygen atoms in total. The van der Waals surface area contributed by atoms with E-state index in [1.165, 1.54) is 21.8 Å². The number of fused-ring (bicyclic) bond motifs is 4. The fourth-order valence-corrected chi connectivity index (χ4v) is 7.84. The molecule has 1 atom stereocenters. The highest BCUT2D eigenvalue weighted by Gasteiger charge is 2.27. The van der Waals surface area contributed by atoms with Gasteiger partial charge in [0.25, 0.3) is 0 Å². The van der Waals surface area contributed by atoms with Gasteiger partial charge in [-0.25, -0.2) is 4.98 Å². The van der Waals surface area contributed by atoms with Crippen LogP contribution >= 0.6 is 0 Å². The van der Waals surface area contributed by atoms with Gasteiger partial charge in [0.15, 0.2) is 11.6 Å². The summed E-state index contributed by atoms with van der Waals surface area (Å²) in [4.78, 5) is 19.8. The Hall–Kier alpha value is -6.34. The Morgan fingerprint density at radius 1 is 0.688 bits per heavy atom. The van der Waals surface area contributed by atoms with Gasteiger partial charge >= 0.3 is 0 Å². The third kappa shape index (κ3) is 3.37. The molecule has 1 unspecified atom stereocenters. The van der Waals surface area contributed by atoms with Gasteiger partial charge in [-0.05, 0) is 66.9 Å². The van der Waals surface area contributed by atoms with Crippen molar-refractivity contribution in [2.24, 2.45) is 5.92 Å². The van der Waals surface area contributed by atoms with E-state index in [4.69, 9.17) is 19.4 Å². The van der Waals surface area contributed by atoms with E-state index in [9.17, 15) is 0 Å². The molecule has 0 fully saturated rings. The Morgan fingerprint density at radius 2 is 1.52 bits per heavy atom. The predicted molar refractivity (Wildman–Crippen MR) is 193 cm³/mol. The molecular weight excluding hydrogens is 592 g/mol. The van der Waals surface area contributed by atoms with E-state index in [1.54, 1.807) is 6.20 Å². The maximum Gasteiger partial charge on any atom is 0.238 e. The second-order valence-electron chi connectivity index (χ2n) is 12.8. The summed E-state index contributed by atoms with van der Waals surface area (Å²) in [5.41, 5.74) is 9.09. The van der Waals surface area contributed by atoms with E-state index in [0.29, 0.717) is 23.5 Å². The van der Waals surface area contributed by atoms with Crippen molar-refractivity contribution in [3.8, 4) is 17.3 Å². The number of rotatable bonds is 3. The molecule has 4 aromatic carbocycles. The molecule has 0 radical (unpaired) electrons. The van der Waals surface area contributed by atoms with Crippen LogP contribution in [-0.2, 0) is 0 Å². The zero-order chi connectivity index (χ0) is 31.5. The summed E-state index contributed by atoms with van der Waals surface area (Å²) in [5, 5.41) is 7.00. The van der Waals surface area contributed by atoms with Gasteiger partial charge in [-0.2, -0.15) is 9.97 Å². The van der Waals surface area contributed by atoms with Gasteiger partial charge in [0.1, 0.15) is 11.2 Å². The van der Waals surface area contributed by atoms with Crippen molar-refractivity contribution in [2.45, 2.75) is 13.3 Å². The van der Waals surface area contributed by atoms with E-state index >= 15 is 0 Å². The van der Waals surface area contributed by atoms with Crippen molar-refractivity contribution in [1.29, 1.82) is 0 Å². The highest BCUT2D eigenvalue weighted by atomic mass is 16.3. The van der Waals surface area contributed by atoms with Gasteiger partial charge in [-0.3, -0.25) is 9.55 Å². The molecule has 6 aromatic heterocycles. The summed E-state index contributed by atoms with van der Waals surface area (Å²) in [6.07, 6.45) is 15.2. The molecule has 1 aliphatic rings. The Morgan fingerprint density at radius 3 is 2.46 bits per heavy atom. The first-order valence-electron chi connectivity index (χ1n) is 16.3. The van der Waals surface area contributed by atoms with Crippen LogP contribution in [0.25, 0.3) is 94.0 Å². The third-order valence-electron chi connectivity index (χ3n) is 9.94. The SMILES string of the molecule is CC1\C=C/C=C\C(c2nc(-c3cccnc3)nc(-n3c4ccc5oc6ccc7c8ccccc8n8c9cccc3c9c4c5c6c78)n2)=C\C1. The Labute approximate surface area is 273 Å². The molecule has 10 aromatic rings. The molecule has 11 rings (SSSR count). The number of para-hydroxylation sites is 1.